The quantitative estimate of drug-likeness (QED) is 0.917. The van der Waals surface area contributed by atoms with Crippen molar-refractivity contribution < 1.29 is 9.21 Å². The first kappa shape index (κ1) is 12.2. The minimum atomic E-state index is 0.189. The zero-order valence-electron chi connectivity index (χ0n) is 10.9. The van der Waals surface area contributed by atoms with E-state index < -0.39 is 0 Å². The van der Waals surface area contributed by atoms with Gasteiger partial charge in [-0.2, -0.15) is 0 Å². The van der Waals surface area contributed by atoms with Crippen molar-refractivity contribution in [1.82, 2.24) is 10.3 Å². The van der Waals surface area contributed by atoms with Crippen LogP contribution in [0, 0.1) is 5.92 Å². The number of carbonyl (C=O) groups is 1. The molecule has 0 unspecified atom stereocenters. The van der Waals surface area contributed by atoms with Crippen LogP contribution in [0.25, 0.3) is 11.1 Å². The monoisotopic (exact) mass is 258 g/mol. The summed E-state index contributed by atoms with van der Waals surface area (Å²) in [6.45, 7) is 0.599. The Balaban J connectivity index is 1.53. The molecule has 1 amide bonds. The van der Waals surface area contributed by atoms with Gasteiger partial charge in [0, 0.05) is 18.9 Å². The van der Waals surface area contributed by atoms with E-state index in [1.165, 1.54) is 12.8 Å². The van der Waals surface area contributed by atoms with Crippen LogP contribution >= 0.6 is 0 Å². The molecule has 3 rings (SSSR count). The van der Waals surface area contributed by atoms with Gasteiger partial charge in [0.1, 0.15) is 5.52 Å². The van der Waals surface area contributed by atoms with Gasteiger partial charge in [0.15, 0.2) is 11.5 Å². The third kappa shape index (κ3) is 2.78. The van der Waals surface area contributed by atoms with Crippen LogP contribution < -0.4 is 5.32 Å². The Morgan fingerprint density at radius 2 is 2.11 bits per heavy atom. The van der Waals surface area contributed by atoms with Gasteiger partial charge in [-0.1, -0.05) is 25.0 Å². The van der Waals surface area contributed by atoms with Crippen molar-refractivity contribution in [3.05, 3.63) is 30.2 Å². The fourth-order valence-corrected chi connectivity index (χ4v) is 2.65. The molecule has 0 saturated heterocycles. The number of nitrogens with one attached hydrogen (secondary N) is 1. The fraction of sp³-hybridized carbons (Fsp3) is 0.467. The molecule has 1 N–H and O–H groups in total. The zero-order valence-corrected chi connectivity index (χ0v) is 10.9. The summed E-state index contributed by atoms with van der Waals surface area (Å²) in [6.07, 6.45) is 5.09. The number of carbonyl (C=O) groups excluding carboxylic acids is 1. The zero-order chi connectivity index (χ0) is 13.1. The Labute approximate surface area is 112 Å². The normalized spacial score (nSPS) is 16.0. The van der Waals surface area contributed by atoms with E-state index >= 15 is 0 Å². The van der Waals surface area contributed by atoms with Crippen LogP contribution in [0.2, 0.25) is 0 Å². The number of nitrogens with zero attached hydrogens (tertiary/aromatic N) is 1. The molecule has 1 aromatic heterocycles. The van der Waals surface area contributed by atoms with Gasteiger partial charge in [0.2, 0.25) is 5.91 Å². The third-order valence-corrected chi connectivity index (χ3v) is 3.70. The summed E-state index contributed by atoms with van der Waals surface area (Å²) < 4.78 is 5.61. The Hall–Kier alpha value is -1.84. The maximum absolute atomic E-state index is 11.8. The van der Waals surface area contributed by atoms with E-state index in [2.05, 4.69) is 10.3 Å². The highest BCUT2D eigenvalue weighted by Crippen LogP contribution is 2.24. The van der Waals surface area contributed by atoms with Gasteiger partial charge in [-0.25, -0.2) is 4.98 Å². The topological polar surface area (TPSA) is 55.1 Å². The lowest BCUT2D eigenvalue weighted by molar-refractivity contribution is -0.124. The van der Waals surface area contributed by atoms with Crippen molar-refractivity contribution in [2.45, 2.75) is 32.1 Å². The van der Waals surface area contributed by atoms with E-state index in [1.54, 1.807) is 0 Å². The molecule has 100 valence electrons. The predicted octanol–water partition coefficient (Wildman–Crippen LogP) is 2.68. The number of oxazole rings is 1. The van der Waals surface area contributed by atoms with E-state index in [4.69, 9.17) is 4.42 Å². The molecule has 2 aromatic rings. The smallest absolute Gasteiger partial charge is 0.223 e. The number of amides is 1. The molecule has 0 bridgehead atoms. The van der Waals surface area contributed by atoms with Crippen molar-refractivity contribution in [2.24, 2.45) is 5.92 Å². The number of para-hydroxylation sites is 2. The summed E-state index contributed by atoms with van der Waals surface area (Å²) >= 11 is 0. The number of fused-ring (bicyclic) bond motifs is 1. The van der Waals surface area contributed by atoms with E-state index in [0.29, 0.717) is 18.9 Å². The highest BCUT2D eigenvalue weighted by atomic mass is 16.3. The molecule has 0 spiro atoms. The lowest BCUT2D eigenvalue weighted by Crippen LogP contribution is -2.30. The van der Waals surface area contributed by atoms with Crippen molar-refractivity contribution in [3.63, 3.8) is 0 Å². The SMILES string of the molecule is O=C(NCCc1nc2ccccc2o1)C1CCCC1. The number of hydrogen-bond donors (Lipinski definition) is 1. The van der Waals surface area contributed by atoms with Crippen LogP contribution in [0.4, 0.5) is 0 Å². The lowest BCUT2D eigenvalue weighted by atomic mass is 10.1. The maximum atomic E-state index is 11.8. The molecule has 0 radical (unpaired) electrons. The molecular weight excluding hydrogens is 240 g/mol. The standard InChI is InChI=1S/C15H18N2O2/c18-15(11-5-1-2-6-11)16-10-9-14-17-12-7-3-4-8-13(12)19-14/h3-4,7-8,11H,1-2,5-6,9-10H2,(H,16,18). The summed E-state index contributed by atoms with van der Waals surface area (Å²) in [5.74, 6) is 1.10. The van der Waals surface area contributed by atoms with Crippen molar-refractivity contribution in [3.8, 4) is 0 Å². The van der Waals surface area contributed by atoms with Crippen molar-refractivity contribution in [2.75, 3.05) is 6.54 Å². The van der Waals surface area contributed by atoms with Crippen molar-refractivity contribution >= 4 is 17.0 Å². The lowest BCUT2D eigenvalue weighted by Gasteiger charge is -2.08. The molecule has 1 fully saturated rings. The van der Waals surface area contributed by atoms with Gasteiger partial charge in [-0.15, -0.1) is 0 Å². The van der Waals surface area contributed by atoms with Crippen molar-refractivity contribution in [1.29, 1.82) is 0 Å². The van der Waals surface area contributed by atoms with Gasteiger partial charge in [-0.3, -0.25) is 4.79 Å². The van der Waals surface area contributed by atoms with Gasteiger partial charge in [0.25, 0.3) is 0 Å². The molecule has 1 aromatic carbocycles. The van der Waals surface area contributed by atoms with Crippen LogP contribution in [0.3, 0.4) is 0 Å². The van der Waals surface area contributed by atoms with Crippen LogP contribution in [-0.2, 0) is 11.2 Å². The van der Waals surface area contributed by atoms with Crippen LogP contribution in [0.1, 0.15) is 31.6 Å². The molecule has 1 saturated carbocycles. The van der Waals surface area contributed by atoms with Gasteiger partial charge in [-0.05, 0) is 25.0 Å². The maximum Gasteiger partial charge on any atom is 0.223 e. The molecular formula is C15H18N2O2. The average Bonchev–Trinajstić information content (AvgIpc) is 3.07. The molecule has 1 aliphatic rings. The van der Waals surface area contributed by atoms with Crippen LogP contribution in [0.5, 0.6) is 0 Å². The Bertz CT molecular complexity index is 537. The molecule has 0 atom stereocenters. The summed E-state index contributed by atoms with van der Waals surface area (Å²) in [7, 11) is 0. The van der Waals surface area contributed by atoms with E-state index in [9.17, 15) is 4.79 Å². The highest BCUT2D eigenvalue weighted by Gasteiger charge is 2.22. The Morgan fingerprint density at radius 3 is 2.89 bits per heavy atom. The minimum absolute atomic E-state index is 0.189. The second kappa shape index (κ2) is 5.43. The third-order valence-electron chi connectivity index (χ3n) is 3.70. The predicted molar refractivity (Wildman–Crippen MR) is 72.7 cm³/mol. The Kier molecular flexibility index (Phi) is 3.49. The Morgan fingerprint density at radius 1 is 1.32 bits per heavy atom. The van der Waals surface area contributed by atoms with E-state index in [-0.39, 0.29) is 11.8 Å². The first-order valence-electron chi connectivity index (χ1n) is 6.95. The van der Waals surface area contributed by atoms with Crippen LogP contribution in [0.15, 0.2) is 28.7 Å². The molecule has 4 heteroatoms. The molecule has 1 aliphatic carbocycles. The second-order valence-corrected chi connectivity index (χ2v) is 5.10. The number of benzene rings is 1. The second-order valence-electron chi connectivity index (χ2n) is 5.10. The highest BCUT2D eigenvalue weighted by molar-refractivity contribution is 5.78. The molecule has 1 heterocycles. The van der Waals surface area contributed by atoms with E-state index in [1.807, 2.05) is 24.3 Å². The summed E-state index contributed by atoms with van der Waals surface area (Å²) in [5, 5.41) is 2.98. The van der Waals surface area contributed by atoms with E-state index in [0.717, 1.165) is 23.9 Å². The molecule has 4 nitrogen and oxygen atoms in total. The molecule has 0 aliphatic heterocycles. The van der Waals surface area contributed by atoms with Gasteiger partial charge >= 0.3 is 0 Å². The van der Waals surface area contributed by atoms with Gasteiger partial charge in [0.05, 0.1) is 0 Å². The van der Waals surface area contributed by atoms with Gasteiger partial charge < -0.3 is 9.73 Å². The number of hydrogen-bond acceptors (Lipinski definition) is 3. The fourth-order valence-electron chi connectivity index (χ4n) is 2.65. The summed E-state index contributed by atoms with van der Waals surface area (Å²) in [5.41, 5.74) is 1.68. The summed E-state index contributed by atoms with van der Waals surface area (Å²) in [4.78, 5) is 16.2. The summed E-state index contributed by atoms with van der Waals surface area (Å²) in [6, 6.07) is 7.71. The largest absolute Gasteiger partial charge is 0.441 e. The first-order chi connectivity index (χ1) is 9.33. The average molecular weight is 258 g/mol. The number of aromatic nitrogens is 1. The number of rotatable bonds is 4. The molecule has 19 heavy (non-hydrogen) atoms. The first-order valence-corrected chi connectivity index (χ1v) is 6.95. The minimum Gasteiger partial charge on any atom is -0.441 e. The van der Waals surface area contributed by atoms with Crippen LogP contribution in [-0.4, -0.2) is 17.4 Å².